The molecule has 1 aromatic carbocycles. The third-order valence-corrected chi connectivity index (χ3v) is 4.42. The van der Waals surface area contributed by atoms with E-state index in [1.54, 1.807) is 6.42 Å². The van der Waals surface area contributed by atoms with Gasteiger partial charge in [-0.2, -0.15) is 0 Å². The Morgan fingerprint density at radius 1 is 0.917 bits per heavy atom. The lowest BCUT2D eigenvalue weighted by molar-refractivity contribution is -0.145. The van der Waals surface area contributed by atoms with E-state index < -0.39 is 0 Å². The van der Waals surface area contributed by atoms with Gasteiger partial charge in [-0.25, -0.2) is 0 Å². The molecule has 1 unspecified atom stereocenters. The average molecular weight is 332 g/mol. The lowest BCUT2D eigenvalue weighted by atomic mass is 10.1. The molecule has 135 valence electrons. The van der Waals surface area contributed by atoms with Gasteiger partial charge in [0.25, 0.3) is 0 Å². The molecular formula is C22H35O2. The van der Waals surface area contributed by atoms with Crippen LogP contribution < -0.4 is 0 Å². The Kier molecular flexibility index (Phi) is 12.2. The molecule has 0 spiro atoms. The number of benzene rings is 1. The largest absolute Gasteiger partial charge is 0.457 e. The van der Waals surface area contributed by atoms with Crippen molar-refractivity contribution >= 4 is 5.97 Å². The van der Waals surface area contributed by atoms with Gasteiger partial charge in [-0.3, -0.25) is 4.79 Å². The Hall–Kier alpha value is -1.31. The number of hydrogen-bond donors (Lipinski definition) is 0. The van der Waals surface area contributed by atoms with Gasteiger partial charge in [-0.1, -0.05) is 102 Å². The van der Waals surface area contributed by atoms with E-state index in [9.17, 15) is 4.79 Å². The SMILES string of the molecule is CCCCCCCCCCC[CH]C(=O)OC(CC)c1ccccc1. The first-order chi connectivity index (χ1) is 11.8. The lowest BCUT2D eigenvalue weighted by Crippen LogP contribution is -2.11. The Morgan fingerprint density at radius 3 is 2.08 bits per heavy atom. The molecule has 2 heteroatoms. The number of hydrogen-bond acceptors (Lipinski definition) is 2. The molecule has 0 saturated heterocycles. The minimum absolute atomic E-state index is 0.127. The molecule has 1 rings (SSSR count). The third-order valence-electron chi connectivity index (χ3n) is 4.42. The van der Waals surface area contributed by atoms with Crippen LogP contribution in [0.15, 0.2) is 30.3 Å². The first-order valence-corrected chi connectivity index (χ1v) is 9.86. The molecule has 1 aromatic rings. The highest BCUT2D eigenvalue weighted by Crippen LogP contribution is 2.21. The molecule has 0 aromatic heterocycles. The molecule has 1 radical (unpaired) electrons. The van der Waals surface area contributed by atoms with Crippen LogP contribution in [0.5, 0.6) is 0 Å². The molecule has 0 N–H and O–H groups in total. The summed E-state index contributed by atoms with van der Waals surface area (Å²) in [5.41, 5.74) is 1.07. The zero-order chi connectivity index (χ0) is 17.5. The van der Waals surface area contributed by atoms with E-state index in [-0.39, 0.29) is 12.1 Å². The molecule has 0 aliphatic carbocycles. The van der Waals surface area contributed by atoms with E-state index in [0.717, 1.165) is 24.8 Å². The summed E-state index contributed by atoms with van der Waals surface area (Å²) in [6.07, 6.45) is 15.0. The van der Waals surface area contributed by atoms with Gasteiger partial charge in [-0.05, 0) is 18.4 Å². The topological polar surface area (TPSA) is 26.3 Å². The second-order valence-corrected chi connectivity index (χ2v) is 6.57. The van der Waals surface area contributed by atoms with Crippen LogP contribution in [0.4, 0.5) is 0 Å². The third kappa shape index (κ3) is 9.75. The summed E-state index contributed by atoms with van der Waals surface area (Å²) < 4.78 is 5.57. The summed E-state index contributed by atoms with van der Waals surface area (Å²) in [5.74, 6) is -0.176. The Morgan fingerprint density at radius 2 is 1.50 bits per heavy atom. The van der Waals surface area contributed by atoms with E-state index >= 15 is 0 Å². The minimum Gasteiger partial charge on any atom is -0.457 e. The Balaban J connectivity index is 2.03. The van der Waals surface area contributed by atoms with Crippen LogP contribution in [0.2, 0.25) is 0 Å². The number of carbonyl (C=O) groups is 1. The summed E-state index contributed by atoms with van der Waals surface area (Å²) >= 11 is 0. The Labute approximate surface area is 149 Å². The number of carbonyl (C=O) groups excluding carboxylic acids is 1. The van der Waals surface area contributed by atoms with Crippen molar-refractivity contribution in [1.82, 2.24) is 0 Å². The molecule has 0 aliphatic heterocycles. The van der Waals surface area contributed by atoms with Gasteiger partial charge in [0.05, 0.1) is 6.42 Å². The fourth-order valence-electron chi connectivity index (χ4n) is 2.92. The summed E-state index contributed by atoms with van der Waals surface area (Å²) in [6, 6.07) is 9.98. The Bertz CT molecular complexity index is 413. The second-order valence-electron chi connectivity index (χ2n) is 6.57. The van der Waals surface area contributed by atoms with Crippen molar-refractivity contribution in [3.63, 3.8) is 0 Å². The second kappa shape index (κ2) is 14.1. The maximum absolute atomic E-state index is 11.9. The van der Waals surface area contributed by atoms with Crippen LogP contribution >= 0.6 is 0 Å². The highest BCUT2D eigenvalue weighted by Gasteiger charge is 2.14. The smallest absolute Gasteiger partial charge is 0.310 e. The predicted molar refractivity (Wildman–Crippen MR) is 102 cm³/mol. The van der Waals surface area contributed by atoms with Crippen molar-refractivity contribution < 1.29 is 9.53 Å². The number of unbranched alkanes of at least 4 members (excludes halogenated alkanes) is 9. The zero-order valence-electron chi connectivity index (χ0n) is 15.6. The first kappa shape index (κ1) is 20.7. The fourth-order valence-corrected chi connectivity index (χ4v) is 2.92. The molecule has 24 heavy (non-hydrogen) atoms. The molecule has 0 heterocycles. The normalized spacial score (nSPS) is 12.1. The number of esters is 1. The standard InChI is InChI=1S/C22H35O2/c1-3-5-6-7-8-9-10-11-12-16-19-22(23)24-21(4-2)20-17-14-13-15-18-20/h13-15,17-19,21H,3-12,16H2,1-2H3. The van der Waals surface area contributed by atoms with Crippen molar-refractivity contribution in [2.24, 2.45) is 0 Å². The van der Waals surface area contributed by atoms with Crippen LogP contribution in [0.25, 0.3) is 0 Å². The van der Waals surface area contributed by atoms with Gasteiger partial charge >= 0.3 is 5.97 Å². The van der Waals surface area contributed by atoms with Gasteiger partial charge < -0.3 is 4.74 Å². The van der Waals surface area contributed by atoms with Crippen molar-refractivity contribution in [1.29, 1.82) is 0 Å². The summed E-state index contributed by atoms with van der Waals surface area (Å²) in [7, 11) is 0. The van der Waals surface area contributed by atoms with Gasteiger partial charge in [0, 0.05) is 0 Å². The lowest BCUT2D eigenvalue weighted by Gasteiger charge is -2.16. The average Bonchev–Trinajstić information content (AvgIpc) is 2.62. The highest BCUT2D eigenvalue weighted by atomic mass is 16.5. The molecular weight excluding hydrogens is 296 g/mol. The summed E-state index contributed by atoms with van der Waals surface area (Å²) in [5, 5.41) is 0. The summed E-state index contributed by atoms with van der Waals surface area (Å²) in [6.45, 7) is 4.30. The van der Waals surface area contributed by atoms with Crippen molar-refractivity contribution in [2.75, 3.05) is 0 Å². The van der Waals surface area contributed by atoms with E-state index in [1.165, 1.54) is 51.4 Å². The molecule has 0 fully saturated rings. The van der Waals surface area contributed by atoms with Crippen LogP contribution in [0.3, 0.4) is 0 Å². The number of ether oxygens (including phenoxy) is 1. The van der Waals surface area contributed by atoms with Gasteiger partial charge in [0.2, 0.25) is 0 Å². The van der Waals surface area contributed by atoms with E-state index in [4.69, 9.17) is 4.74 Å². The maximum atomic E-state index is 11.9. The molecule has 0 aliphatic rings. The van der Waals surface area contributed by atoms with Crippen LogP contribution in [-0.2, 0) is 9.53 Å². The summed E-state index contributed by atoms with van der Waals surface area (Å²) in [4.78, 5) is 11.9. The van der Waals surface area contributed by atoms with Crippen LogP contribution in [0.1, 0.15) is 96.1 Å². The number of rotatable bonds is 14. The van der Waals surface area contributed by atoms with Crippen molar-refractivity contribution in [3.05, 3.63) is 42.3 Å². The highest BCUT2D eigenvalue weighted by molar-refractivity contribution is 5.78. The van der Waals surface area contributed by atoms with Crippen molar-refractivity contribution in [3.8, 4) is 0 Å². The van der Waals surface area contributed by atoms with E-state index in [2.05, 4.69) is 6.92 Å². The van der Waals surface area contributed by atoms with Crippen molar-refractivity contribution in [2.45, 2.75) is 90.6 Å². The zero-order valence-corrected chi connectivity index (χ0v) is 15.6. The first-order valence-electron chi connectivity index (χ1n) is 9.86. The quantitative estimate of drug-likeness (QED) is 0.276. The monoisotopic (exact) mass is 331 g/mol. The predicted octanol–water partition coefficient (Wildman–Crippen LogP) is 6.81. The van der Waals surface area contributed by atoms with Gasteiger partial charge in [0.1, 0.15) is 6.10 Å². The van der Waals surface area contributed by atoms with E-state index in [0.29, 0.717) is 0 Å². The van der Waals surface area contributed by atoms with E-state index in [1.807, 2.05) is 37.3 Å². The molecule has 0 saturated carbocycles. The molecule has 0 bridgehead atoms. The van der Waals surface area contributed by atoms with Gasteiger partial charge in [-0.15, -0.1) is 0 Å². The minimum atomic E-state index is -0.176. The van der Waals surface area contributed by atoms with Crippen LogP contribution in [0, 0.1) is 6.42 Å². The molecule has 2 nitrogen and oxygen atoms in total. The van der Waals surface area contributed by atoms with Gasteiger partial charge in [0.15, 0.2) is 0 Å². The molecule has 0 amide bonds. The fraction of sp³-hybridized carbons (Fsp3) is 0.636. The van der Waals surface area contributed by atoms with Crippen LogP contribution in [-0.4, -0.2) is 5.97 Å². The molecule has 1 atom stereocenters. The maximum Gasteiger partial charge on any atom is 0.310 e.